The average molecular weight is 266 g/mol. The third kappa shape index (κ3) is 1.86. The molecule has 0 aliphatic heterocycles. The molecule has 0 spiro atoms. The average Bonchev–Trinajstić information content (AvgIpc) is 1.94. The Hall–Kier alpha value is -0.720. The number of aromatic nitrogens is 1. The van der Waals surface area contributed by atoms with E-state index in [1.807, 2.05) is 0 Å². The van der Waals surface area contributed by atoms with Gasteiger partial charge in [-0.25, -0.2) is 4.98 Å². The molecule has 11 heavy (non-hydrogen) atoms. The minimum absolute atomic E-state index is 0.0529. The summed E-state index contributed by atoms with van der Waals surface area (Å²) in [6, 6.07) is 2.83. The highest BCUT2D eigenvalue weighted by Crippen LogP contribution is 2.08. The van der Waals surface area contributed by atoms with Gasteiger partial charge in [0.25, 0.3) is 5.91 Å². The summed E-state index contributed by atoms with van der Waals surface area (Å²) in [5.41, 5.74) is 4.81. The lowest BCUT2D eigenvalue weighted by Gasteiger charge is -1.95. The summed E-state index contributed by atoms with van der Waals surface area (Å²) >= 11 is 1.77. The summed E-state index contributed by atoms with van der Waals surface area (Å²) in [5, 5.41) is 0. The van der Waals surface area contributed by atoms with E-state index >= 15 is 0 Å². The molecule has 1 rings (SSSR count). The fourth-order valence-corrected chi connectivity index (χ4v) is 0.855. The maximum atomic E-state index is 12.6. The van der Waals surface area contributed by atoms with Crippen LogP contribution >= 0.6 is 22.6 Å². The predicted molar refractivity (Wildman–Crippen MR) is 45.4 cm³/mol. The first kappa shape index (κ1) is 8.38. The van der Waals surface area contributed by atoms with Gasteiger partial charge in [-0.15, -0.1) is 0 Å². The van der Waals surface area contributed by atoms with E-state index in [0.717, 1.165) is 0 Å². The second kappa shape index (κ2) is 3.12. The molecule has 1 heterocycles. The monoisotopic (exact) mass is 266 g/mol. The van der Waals surface area contributed by atoms with Crippen LogP contribution in [0.1, 0.15) is 10.5 Å². The smallest absolute Gasteiger partial charge is 0.267 e. The van der Waals surface area contributed by atoms with E-state index in [2.05, 4.69) is 4.98 Å². The van der Waals surface area contributed by atoms with E-state index in [1.165, 1.54) is 12.1 Å². The standard InChI is InChI=1S/C6H4FIN2O/c7-5-3(8)1-2-4(10-5)6(9)11/h1-2H,(H2,9,11). The highest BCUT2D eigenvalue weighted by atomic mass is 127. The number of rotatable bonds is 1. The molecule has 0 aromatic carbocycles. The lowest BCUT2D eigenvalue weighted by atomic mass is 10.3. The summed E-state index contributed by atoms with van der Waals surface area (Å²) in [7, 11) is 0. The number of primary amides is 1. The van der Waals surface area contributed by atoms with Gasteiger partial charge in [-0.05, 0) is 34.7 Å². The molecule has 58 valence electrons. The highest BCUT2D eigenvalue weighted by molar-refractivity contribution is 14.1. The lowest BCUT2D eigenvalue weighted by Crippen LogP contribution is -2.13. The van der Waals surface area contributed by atoms with Crippen LogP contribution in [0.15, 0.2) is 12.1 Å². The van der Waals surface area contributed by atoms with Crippen LogP contribution in [0.4, 0.5) is 4.39 Å². The maximum Gasteiger partial charge on any atom is 0.267 e. The third-order valence-electron chi connectivity index (χ3n) is 1.06. The van der Waals surface area contributed by atoms with Gasteiger partial charge in [-0.3, -0.25) is 4.79 Å². The first-order chi connectivity index (χ1) is 5.11. The number of pyridine rings is 1. The van der Waals surface area contributed by atoms with Crippen LogP contribution in [-0.4, -0.2) is 10.9 Å². The Morgan fingerprint density at radius 2 is 2.27 bits per heavy atom. The van der Waals surface area contributed by atoms with Gasteiger partial charge in [0.15, 0.2) is 0 Å². The van der Waals surface area contributed by atoms with Crippen LogP contribution in [0.2, 0.25) is 0 Å². The fraction of sp³-hybridized carbons (Fsp3) is 0. The normalized spacial score (nSPS) is 9.64. The fourth-order valence-electron chi connectivity index (χ4n) is 0.555. The van der Waals surface area contributed by atoms with Crippen LogP contribution < -0.4 is 5.73 Å². The van der Waals surface area contributed by atoms with Gasteiger partial charge in [0, 0.05) is 0 Å². The van der Waals surface area contributed by atoms with E-state index in [4.69, 9.17) is 5.73 Å². The predicted octanol–water partition coefficient (Wildman–Crippen LogP) is 0.924. The van der Waals surface area contributed by atoms with Crippen molar-refractivity contribution in [3.8, 4) is 0 Å². The molecule has 1 aromatic rings. The van der Waals surface area contributed by atoms with Crippen molar-refractivity contribution in [3.63, 3.8) is 0 Å². The van der Waals surface area contributed by atoms with Crippen molar-refractivity contribution >= 4 is 28.5 Å². The topological polar surface area (TPSA) is 56.0 Å². The number of amides is 1. The number of halogens is 2. The summed E-state index contributed by atoms with van der Waals surface area (Å²) in [5.74, 6) is -1.39. The maximum absolute atomic E-state index is 12.6. The van der Waals surface area contributed by atoms with Crippen LogP contribution in [0.3, 0.4) is 0 Å². The molecular formula is C6H4FIN2O. The van der Waals surface area contributed by atoms with Gasteiger partial charge < -0.3 is 5.73 Å². The molecule has 0 bridgehead atoms. The van der Waals surface area contributed by atoms with E-state index < -0.39 is 11.9 Å². The van der Waals surface area contributed by atoms with Crippen LogP contribution in [0, 0.1) is 9.52 Å². The van der Waals surface area contributed by atoms with E-state index in [9.17, 15) is 9.18 Å². The van der Waals surface area contributed by atoms with Gasteiger partial charge in [-0.2, -0.15) is 4.39 Å². The molecule has 0 aliphatic carbocycles. The first-order valence-corrected chi connectivity index (χ1v) is 3.81. The number of nitrogens with zero attached hydrogens (tertiary/aromatic N) is 1. The zero-order chi connectivity index (χ0) is 8.43. The molecule has 0 aliphatic rings. The van der Waals surface area contributed by atoms with Gasteiger partial charge in [0.2, 0.25) is 5.95 Å². The molecule has 1 aromatic heterocycles. The van der Waals surface area contributed by atoms with Gasteiger partial charge in [0.1, 0.15) is 5.69 Å². The molecule has 3 nitrogen and oxygen atoms in total. The zero-order valence-electron chi connectivity index (χ0n) is 5.34. The molecule has 0 unspecified atom stereocenters. The SMILES string of the molecule is NC(=O)c1ccc(I)c(F)n1. The minimum atomic E-state index is -0.722. The Kier molecular flexibility index (Phi) is 2.38. The summed E-state index contributed by atoms with van der Waals surface area (Å²) in [4.78, 5) is 13.8. The van der Waals surface area contributed by atoms with Crippen molar-refractivity contribution in [2.75, 3.05) is 0 Å². The Labute approximate surface area is 75.9 Å². The molecule has 0 saturated carbocycles. The second-order valence-corrected chi connectivity index (χ2v) is 3.00. The quantitative estimate of drug-likeness (QED) is 0.607. The molecular weight excluding hydrogens is 262 g/mol. The van der Waals surface area contributed by atoms with Crippen LogP contribution in [0.5, 0.6) is 0 Å². The molecule has 5 heteroatoms. The van der Waals surface area contributed by atoms with Crippen molar-refractivity contribution < 1.29 is 9.18 Å². The van der Waals surface area contributed by atoms with Crippen LogP contribution in [-0.2, 0) is 0 Å². The van der Waals surface area contributed by atoms with Crippen molar-refractivity contribution in [2.24, 2.45) is 5.73 Å². The largest absolute Gasteiger partial charge is 0.364 e. The van der Waals surface area contributed by atoms with E-state index in [0.29, 0.717) is 3.57 Å². The third-order valence-corrected chi connectivity index (χ3v) is 1.86. The molecule has 1 amide bonds. The molecule has 0 atom stereocenters. The summed E-state index contributed by atoms with van der Waals surface area (Å²) < 4.78 is 13.0. The Bertz CT molecular complexity index is 303. The minimum Gasteiger partial charge on any atom is -0.364 e. The van der Waals surface area contributed by atoms with E-state index in [1.54, 1.807) is 22.6 Å². The van der Waals surface area contributed by atoms with Crippen molar-refractivity contribution in [2.45, 2.75) is 0 Å². The van der Waals surface area contributed by atoms with Gasteiger partial charge in [0.05, 0.1) is 3.57 Å². The summed E-state index contributed by atoms with van der Waals surface area (Å²) in [6.07, 6.45) is 0. The number of hydrogen-bond acceptors (Lipinski definition) is 2. The highest BCUT2D eigenvalue weighted by Gasteiger charge is 2.05. The Morgan fingerprint density at radius 1 is 1.64 bits per heavy atom. The summed E-state index contributed by atoms with van der Waals surface area (Å²) in [6.45, 7) is 0. The number of carbonyl (C=O) groups is 1. The van der Waals surface area contributed by atoms with Crippen LogP contribution in [0.25, 0.3) is 0 Å². The second-order valence-electron chi connectivity index (χ2n) is 1.83. The number of carbonyl (C=O) groups excluding carboxylic acids is 1. The molecule has 0 fully saturated rings. The van der Waals surface area contributed by atoms with Gasteiger partial charge >= 0.3 is 0 Å². The number of nitrogens with two attached hydrogens (primary N) is 1. The van der Waals surface area contributed by atoms with Crippen molar-refractivity contribution in [1.29, 1.82) is 0 Å². The lowest BCUT2D eigenvalue weighted by molar-refractivity contribution is 0.0994. The molecule has 2 N–H and O–H groups in total. The van der Waals surface area contributed by atoms with E-state index in [-0.39, 0.29) is 5.69 Å². The Morgan fingerprint density at radius 3 is 2.73 bits per heavy atom. The first-order valence-electron chi connectivity index (χ1n) is 2.73. The zero-order valence-corrected chi connectivity index (χ0v) is 7.50. The molecule has 0 saturated heterocycles. The van der Waals surface area contributed by atoms with Crippen molar-refractivity contribution in [3.05, 3.63) is 27.3 Å². The Balaban J connectivity index is 3.15. The number of hydrogen-bond donors (Lipinski definition) is 1. The van der Waals surface area contributed by atoms with Gasteiger partial charge in [-0.1, -0.05) is 0 Å². The molecule has 0 radical (unpaired) electrons. The van der Waals surface area contributed by atoms with Crippen molar-refractivity contribution in [1.82, 2.24) is 4.98 Å².